The van der Waals surface area contributed by atoms with E-state index in [1.807, 2.05) is 0 Å². The van der Waals surface area contributed by atoms with Crippen LogP contribution in [0.4, 0.5) is 0 Å². The minimum absolute atomic E-state index is 0. The van der Waals surface area contributed by atoms with Crippen LogP contribution in [0.2, 0.25) is 0 Å². The molecule has 6 nitrogen and oxygen atoms in total. The maximum Gasteiger partial charge on any atom is 0.238 e. The third-order valence-electron chi connectivity index (χ3n) is 3.62. The van der Waals surface area contributed by atoms with Crippen LogP contribution in [0.5, 0.6) is 0 Å². The number of sulfonamides is 1. The molecule has 0 saturated carbocycles. The van der Waals surface area contributed by atoms with E-state index in [-0.39, 0.29) is 23.2 Å². The van der Waals surface area contributed by atoms with Crippen LogP contribution in [-0.4, -0.2) is 26.9 Å². The summed E-state index contributed by atoms with van der Waals surface area (Å²) in [7, 11) is -3.66. The molecule has 4 N–H and O–H groups in total. The van der Waals surface area contributed by atoms with Crippen LogP contribution >= 0.6 is 12.4 Å². The number of carbonyl (C=O) groups excluding carboxylic acids is 1. The second kappa shape index (κ2) is 8.47. The Labute approximate surface area is 137 Å². The Kier molecular flexibility index (Phi) is 7.28. The van der Waals surface area contributed by atoms with Gasteiger partial charge in [0.1, 0.15) is 0 Å². The summed E-state index contributed by atoms with van der Waals surface area (Å²) in [5.74, 6) is 0.0132. The van der Waals surface area contributed by atoms with E-state index in [1.165, 1.54) is 18.6 Å². The highest BCUT2D eigenvalue weighted by Gasteiger charge is 2.15. The van der Waals surface area contributed by atoms with Gasteiger partial charge < -0.3 is 10.6 Å². The fourth-order valence-electron chi connectivity index (χ4n) is 2.39. The number of halogens is 1. The summed E-state index contributed by atoms with van der Waals surface area (Å²) in [6.07, 6.45) is 3.69. The minimum Gasteiger partial charge on any atom is -0.352 e. The Morgan fingerprint density at radius 2 is 2.00 bits per heavy atom. The monoisotopic (exact) mass is 347 g/mol. The van der Waals surface area contributed by atoms with E-state index in [0.29, 0.717) is 19.0 Å². The van der Waals surface area contributed by atoms with Crippen molar-refractivity contribution in [1.82, 2.24) is 10.6 Å². The molecule has 1 unspecified atom stereocenters. The standard InChI is InChI=1S/C14H21N3O3S.ClH/c15-21(19,20)13-6-3-11(4-7-13)10-17-14(18)8-5-12-2-1-9-16-12;/h3-4,6-7,12,16H,1-2,5,8-10H2,(H,17,18)(H2,15,19,20);1H. The van der Waals surface area contributed by atoms with Gasteiger partial charge in [-0.05, 0) is 43.5 Å². The van der Waals surface area contributed by atoms with Crippen molar-refractivity contribution >= 4 is 28.3 Å². The molecule has 1 fully saturated rings. The average Bonchev–Trinajstić information content (AvgIpc) is 2.95. The lowest BCUT2D eigenvalue weighted by Crippen LogP contribution is -2.27. The molecule has 1 aromatic rings. The SMILES string of the molecule is Cl.NS(=O)(=O)c1ccc(CNC(=O)CCC2CCCN2)cc1. The summed E-state index contributed by atoms with van der Waals surface area (Å²) < 4.78 is 22.2. The predicted octanol–water partition coefficient (Wildman–Crippen LogP) is 0.904. The van der Waals surface area contributed by atoms with Gasteiger partial charge in [0, 0.05) is 19.0 Å². The normalized spacial score (nSPS) is 17.8. The number of amides is 1. The highest BCUT2D eigenvalue weighted by Crippen LogP contribution is 2.11. The first-order valence-corrected chi connectivity index (χ1v) is 8.61. The molecule has 1 aliphatic heterocycles. The molecular weight excluding hydrogens is 326 g/mol. The highest BCUT2D eigenvalue weighted by atomic mass is 35.5. The summed E-state index contributed by atoms with van der Waals surface area (Å²) in [5.41, 5.74) is 0.842. The van der Waals surface area contributed by atoms with Gasteiger partial charge in [-0.25, -0.2) is 13.6 Å². The minimum atomic E-state index is -3.66. The quantitative estimate of drug-likeness (QED) is 0.711. The Balaban J connectivity index is 0.00000242. The van der Waals surface area contributed by atoms with E-state index in [4.69, 9.17) is 5.14 Å². The zero-order chi connectivity index (χ0) is 15.3. The molecule has 2 rings (SSSR count). The second-order valence-corrected chi connectivity index (χ2v) is 6.86. The molecule has 0 aromatic heterocycles. The topological polar surface area (TPSA) is 101 Å². The Bertz CT molecular complexity index is 584. The number of rotatable bonds is 6. The van der Waals surface area contributed by atoms with Crippen molar-refractivity contribution in [2.75, 3.05) is 6.54 Å². The van der Waals surface area contributed by atoms with E-state index in [0.717, 1.165) is 24.9 Å². The zero-order valence-electron chi connectivity index (χ0n) is 12.2. The number of nitrogens with one attached hydrogen (secondary N) is 2. The number of hydrogen-bond donors (Lipinski definition) is 3. The van der Waals surface area contributed by atoms with Gasteiger partial charge in [0.25, 0.3) is 0 Å². The van der Waals surface area contributed by atoms with Gasteiger partial charge in [-0.1, -0.05) is 12.1 Å². The molecule has 1 saturated heterocycles. The highest BCUT2D eigenvalue weighted by molar-refractivity contribution is 7.89. The Hall–Kier alpha value is -1.15. The van der Waals surface area contributed by atoms with Crippen molar-refractivity contribution in [3.8, 4) is 0 Å². The van der Waals surface area contributed by atoms with Gasteiger partial charge in [-0.15, -0.1) is 12.4 Å². The molecule has 1 aromatic carbocycles. The summed E-state index contributed by atoms with van der Waals surface area (Å²) in [4.78, 5) is 11.8. The maximum absolute atomic E-state index is 11.7. The van der Waals surface area contributed by atoms with Crippen LogP contribution in [0.1, 0.15) is 31.2 Å². The molecule has 1 amide bonds. The number of benzene rings is 1. The van der Waals surface area contributed by atoms with Crippen molar-refractivity contribution in [2.45, 2.75) is 43.2 Å². The summed E-state index contributed by atoms with van der Waals surface area (Å²) >= 11 is 0. The van der Waals surface area contributed by atoms with Gasteiger partial charge in [-0.2, -0.15) is 0 Å². The third-order valence-corrected chi connectivity index (χ3v) is 4.55. The van der Waals surface area contributed by atoms with Gasteiger partial charge in [0.05, 0.1) is 4.90 Å². The van der Waals surface area contributed by atoms with Crippen molar-refractivity contribution in [3.05, 3.63) is 29.8 Å². The number of nitrogens with two attached hydrogens (primary N) is 1. The molecule has 1 aliphatic rings. The van der Waals surface area contributed by atoms with Gasteiger partial charge in [0.2, 0.25) is 15.9 Å². The average molecular weight is 348 g/mol. The molecular formula is C14H22ClN3O3S. The molecule has 1 heterocycles. The number of hydrogen-bond acceptors (Lipinski definition) is 4. The smallest absolute Gasteiger partial charge is 0.238 e. The molecule has 0 radical (unpaired) electrons. The van der Waals surface area contributed by atoms with Crippen molar-refractivity contribution in [1.29, 1.82) is 0 Å². The van der Waals surface area contributed by atoms with Gasteiger partial charge in [0.15, 0.2) is 0 Å². The van der Waals surface area contributed by atoms with E-state index >= 15 is 0 Å². The first kappa shape index (κ1) is 18.9. The Morgan fingerprint density at radius 1 is 1.32 bits per heavy atom. The van der Waals surface area contributed by atoms with Crippen LogP contribution in [0.25, 0.3) is 0 Å². The Morgan fingerprint density at radius 3 is 2.55 bits per heavy atom. The van der Waals surface area contributed by atoms with E-state index in [1.54, 1.807) is 12.1 Å². The first-order chi connectivity index (χ1) is 9.95. The fourth-order valence-corrected chi connectivity index (χ4v) is 2.91. The van der Waals surface area contributed by atoms with Crippen LogP contribution in [-0.2, 0) is 21.4 Å². The van der Waals surface area contributed by atoms with Crippen molar-refractivity contribution < 1.29 is 13.2 Å². The summed E-state index contributed by atoms with van der Waals surface area (Å²) in [6, 6.07) is 6.65. The second-order valence-electron chi connectivity index (χ2n) is 5.30. The molecule has 0 spiro atoms. The van der Waals surface area contributed by atoms with Crippen molar-refractivity contribution in [3.63, 3.8) is 0 Å². The lowest BCUT2D eigenvalue weighted by atomic mass is 10.1. The lowest BCUT2D eigenvalue weighted by Gasteiger charge is -2.10. The summed E-state index contributed by atoms with van der Waals surface area (Å²) in [6.45, 7) is 1.44. The fraction of sp³-hybridized carbons (Fsp3) is 0.500. The van der Waals surface area contributed by atoms with Crippen LogP contribution in [0.3, 0.4) is 0 Å². The largest absolute Gasteiger partial charge is 0.352 e. The molecule has 8 heteroatoms. The number of carbonyl (C=O) groups is 1. The number of primary sulfonamides is 1. The lowest BCUT2D eigenvalue weighted by molar-refractivity contribution is -0.121. The molecule has 124 valence electrons. The molecule has 22 heavy (non-hydrogen) atoms. The molecule has 0 bridgehead atoms. The zero-order valence-corrected chi connectivity index (χ0v) is 13.9. The molecule has 0 aliphatic carbocycles. The van der Waals surface area contributed by atoms with Crippen molar-refractivity contribution in [2.24, 2.45) is 5.14 Å². The van der Waals surface area contributed by atoms with E-state index < -0.39 is 10.0 Å². The van der Waals surface area contributed by atoms with E-state index in [9.17, 15) is 13.2 Å². The van der Waals surface area contributed by atoms with Crippen LogP contribution in [0, 0.1) is 0 Å². The summed E-state index contributed by atoms with van der Waals surface area (Å²) in [5, 5.41) is 11.2. The predicted molar refractivity (Wildman–Crippen MR) is 87.2 cm³/mol. The van der Waals surface area contributed by atoms with E-state index in [2.05, 4.69) is 10.6 Å². The first-order valence-electron chi connectivity index (χ1n) is 7.07. The van der Waals surface area contributed by atoms with Gasteiger partial charge >= 0.3 is 0 Å². The van der Waals surface area contributed by atoms with Crippen LogP contribution < -0.4 is 15.8 Å². The third kappa shape index (κ3) is 5.92. The van der Waals surface area contributed by atoms with Gasteiger partial charge in [-0.3, -0.25) is 4.79 Å². The van der Waals surface area contributed by atoms with Crippen LogP contribution in [0.15, 0.2) is 29.2 Å². The maximum atomic E-state index is 11.7. The molecule has 1 atom stereocenters.